The van der Waals surface area contributed by atoms with E-state index >= 15 is 0 Å². The molecule has 10 nitrogen and oxygen atoms in total. The van der Waals surface area contributed by atoms with Crippen LogP contribution in [0, 0.1) is 35.6 Å². The first-order valence-corrected chi connectivity index (χ1v) is 6.36. The van der Waals surface area contributed by atoms with Crippen LogP contribution in [0.3, 0.4) is 0 Å². The van der Waals surface area contributed by atoms with Gasteiger partial charge < -0.3 is 23.3 Å². The third kappa shape index (κ3) is 13.5. The van der Waals surface area contributed by atoms with Gasteiger partial charge in [0.05, 0.1) is 6.61 Å². The van der Waals surface area contributed by atoms with Crippen LogP contribution in [0.4, 0.5) is 0 Å². The second kappa shape index (κ2) is 14.5. The van der Waals surface area contributed by atoms with Gasteiger partial charge in [0.15, 0.2) is 0 Å². The van der Waals surface area contributed by atoms with Gasteiger partial charge in [0.2, 0.25) is 0 Å². The maximum atomic E-state index is 11.4. The van der Waals surface area contributed by atoms with Crippen LogP contribution in [0.5, 0.6) is 0 Å². The fraction of sp³-hybridized carbons (Fsp3) is 0.600. The minimum absolute atomic E-state index is 0. The molecule has 0 aliphatic carbocycles. The summed E-state index contributed by atoms with van der Waals surface area (Å²) in [6, 6.07) is 0. The Morgan fingerprint density at radius 2 is 1.61 bits per heavy atom. The molecular weight excluding hydrogens is 415 g/mol. The molecule has 0 aliphatic rings. The zero-order valence-corrected chi connectivity index (χ0v) is 15.9. The van der Waals surface area contributed by atoms with Crippen molar-refractivity contribution in [3.8, 4) is 0 Å². The van der Waals surface area contributed by atoms with Gasteiger partial charge in [-0.1, -0.05) is 6.08 Å². The van der Waals surface area contributed by atoms with Gasteiger partial charge in [0, 0.05) is 49.8 Å². The molecule has 111 valence electrons. The first kappa shape index (κ1) is 31.5. The average molecular weight is 436 g/mol. The third-order valence-corrected chi connectivity index (χ3v) is 4.01. The average Bonchev–Trinajstić information content (AvgIpc) is 2.14. The summed E-state index contributed by atoms with van der Waals surface area (Å²) in [6.45, 7) is 3.15. The van der Waals surface area contributed by atoms with Crippen LogP contribution >= 0.6 is 15.6 Å². The summed E-state index contributed by atoms with van der Waals surface area (Å²) in [5.41, 5.74) is 0. The van der Waals surface area contributed by atoms with Crippen LogP contribution in [0.25, 0.3) is 0 Å². The number of phosphoric acid groups is 2. The quantitative estimate of drug-likeness (QED) is 0.339. The Kier molecular flexibility index (Phi) is 25.3. The maximum absolute atomic E-state index is 11.4. The minimum Gasteiger partial charge on any atom is -0.344 e. The summed E-state index contributed by atoms with van der Waals surface area (Å²) in [5.74, 6) is 0. The molecule has 0 saturated carbocycles. The van der Waals surface area contributed by atoms with Crippen molar-refractivity contribution in [1.82, 2.24) is 18.5 Å². The molecule has 0 aliphatic heterocycles. The van der Waals surface area contributed by atoms with Crippen molar-refractivity contribution in [2.75, 3.05) is 20.8 Å². The molecule has 0 fully saturated rings. The van der Waals surface area contributed by atoms with Gasteiger partial charge in [0.1, 0.15) is 0 Å². The van der Waals surface area contributed by atoms with Crippen molar-refractivity contribution in [2.24, 2.45) is 0 Å². The molecule has 1 radical (unpaired) electrons. The molecule has 2 atom stereocenters. The molecule has 10 N–H and O–H groups in total. The van der Waals surface area contributed by atoms with E-state index in [0.717, 1.165) is 14.2 Å². The van der Waals surface area contributed by atoms with E-state index in [1.54, 1.807) is 0 Å². The maximum Gasteiger partial charge on any atom is 0.483 e. The van der Waals surface area contributed by atoms with Gasteiger partial charge in [-0.2, -0.15) is 4.31 Å². The van der Waals surface area contributed by atoms with Gasteiger partial charge in [-0.15, -0.1) is 6.58 Å². The van der Waals surface area contributed by atoms with Gasteiger partial charge in [-0.05, 0) is 0 Å². The van der Waals surface area contributed by atoms with Gasteiger partial charge in [-0.3, -0.25) is 13.6 Å². The third-order valence-electron chi connectivity index (χ3n) is 1.01. The van der Waals surface area contributed by atoms with E-state index < -0.39 is 15.6 Å². The smallest absolute Gasteiger partial charge is 0.344 e. The standard InChI is InChI=1S/C5H12O7P2.La.3H3N/c1-4-5-11-14(8,10-3)12-13(6,7)9-2;;;;/h4H,1,5H2,2-3H3,(H,6,7);;3*1H3. The van der Waals surface area contributed by atoms with Crippen LogP contribution in [0.15, 0.2) is 12.7 Å². The Morgan fingerprint density at radius 3 is 1.89 bits per heavy atom. The second-order valence-corrected chi connectivity index (χ2v) is 5.42. The van der Waals surface area contributed by atoms with E-state index in [4.69, 9.17) is 4.89 Å². The minimum atomic E-state index is -4.40. The van der Waals surface area contributed by atoms with E-state index in [1.165, 1.54) is 6.08 Å². The summed E-state index contributed by atoms with van der Waals surface area (Å²) < 4.78 is 39.4. The van der Waals surface area contributed by atoms with E-state index in [0.29, 0.717) is 0 Å². The predicted octanol–water partition coefficient (Wildman–Crippen LogP) is 2.19. The Bertz CT molecular complexity index is 292. The van der Waals surface area contributed by atoms with Crippen molar-refractivity contribution >= 4 is 15.6 Å². The molecule has 0 aromatic rings. The van der Waals surface area contributed by atoms with Crippen LogP contribution in [0.1, 0.15) is 0 Å². The van der Waals surface area contributed by atoms with E-state index in [2.05, 4.69) is 24.5 Å². The molecule has 0 amide bonds. The summed E-state index contributed by atoms with van der Waals surface area (Å²) in [6.07, 6.45) is 1.28. The fourth-order valence-corrected chi connectivity index (χ4v) is 2.54. The normalized spacial score (nSPS) is 15.3. The molecule has 0 heterocycles. The summed E-state index contributed by atoms with van der Waals surface area (Å²) in [4.78, 5) is 8.84. The van der Waals surface area contributed by atoms with Crippen molar-refractivity contribution in [3.05, 3.63) is 12.7 Å². The SMILES string of the molecule is C=CCOP(=O)(OC)OP(=O)(O)OC.N.N.N.[La]. The Balaban J connectivity index is -0.000000141. The van der Waals surface area contributed by atoms with Crippen molar-refractivity contribution in [2.45, 2.75) is 0 Å². The Hall–Kier alpha value is 1.07. The Labute approximate surface area is 134 Å². The fourth-order valence-electron chi connectivity index (χ4n) is 0.413. The zero-order valence-electron chi connectivity index (χ0n) is 10.5. The zero-order chi connectivity index (χ0) is 11.2. The molecule has 0 rings (SSSR count). The van der Waals surface area contributed by atoms with Gasteiger partial charge in [-0.25, -0.2) is 9.13 Å². The molecule has 0 bridgehead atoms. The molecule has 0 aromatic carbocycles. The van der Waals surface area contributed by atoms with Crippen LogP contribution in [0.2, 0.25) is 0 Å². The molecule has 2 unspecified atom stereocenters. The van der Waals surface area contributed by atoms with E-state index in [9.17, 15) is 9.13 Å². The van der Waals surface area contributed by atoms with Gasteiger partial charge in [0.25, 0.3) is 0 Å². The molecule has 0 spiro atoms. The van der Waals surface area contributed by atoms with Crippen LogP contribution < -0.4 is 18.5 Å². The summed E-state index contributed by atoms with van der Waals surface area (Å²) in [5, 5.41) is 0. The summed E-state index contributed by atoms with van der Waals surface area (Å²) in [7, 11) is -6.52. The van der Waals surface area contributed by atoms with Crippen LogP contribution in [-0.4, -0.2) is 25.7 Å². The number of rotatable bonds is 7. The Morgan fingerprint density at radius 1 is 1.17 bits per heavy atom. The molecule has 13 heteroatoms. The number of hydrogen-bond donors (Lipinski definition) is 4. The predicted molar refractivity (Wildman–Crippen MR) is 63.8 cm³/mol. The van der Waals surface area contributed by atoms with Crippen molar-refractivity contribution in [1.29, 1.82) is 0 Å². The van der Waals surface area contributed by atoms with Crippen LogP contribution in [-0.2, 0) is 27.0 Å². The van der Waals surface area contributed by atoms with Crippen molar-refractivity contribution in [3.63, 3.8) is 0 Å². The molecular formula is C5H21LaN3O7P2. The molecule has 18 heavy (non-hydrogen) atoms. The topological polar surface area (TPSA) is 196 Å². The second-order valence-electron chi connectivity index (χ2n) is 1.95. The monoisotopic (exact) mass is 436 g/mol. The number of hydrogen-bond acceptors (Lipinski definition) is 9. The number of phosphoric ester groups is 2. The van der Waals surface area contributed by atoms with E-state index in [1.807, 2.05) is 0 Å². The van der Waals surface area contributed by atoms with Crippen molar-refractivity contribution < 1.29 is 67.5 Å². The molecule has 0 saturated heterocycles. The first-order valence-electron chi connectivity index (χ1n) is 3.40. The molecule has 0 aromatic heterocycles. The largest absolute Gasteiger partial charge is 0.483 e. The van der Waals surface area contributed by atoms with Gasteiger partial charge >= 0.3 is 15.6 Å². The van der Waals surface area contributed by atoms with E-state index in [-0.39, 0.29) is 60.7 Å². The first-order chi connectivity index (χ1) is 6.39. The summed E-state index contributed by atoms with van der Waals surface area (Å²) >= 11 is 0.